The van der Waals surface area contributed by atoms with Crippen LogP contribution in [0, 0.1) is 5.41 Å². The van der Waals surface area contributed by atoms with E-state index in [1.54, 1.807) is 18.2 Å². The molecule has 0 unspecified atom stereocenters. The molecule has 0 aliphatic heterocycles. The number of allylic oxidation sites excluding steroid dienone is 2. The topological polar surface area (TPSA) is 34.1 Å². The van der Waals surface area contributed by atoms with Gasteiger partial charge in [0.05, 0.1) is 0 Å². The van der Waals surface area contributed by atoms with Crippen molar-refractivity contribution in [2.75, 3.05) is 0 Å². The van der Waals surface area contributed by atoms with Gasteiger partial charge in [-0.25, -0.2) is 0 Å². The van der Waals surface area contributed by atoms with E-state index < -0.39 is 0 Å². The van der Waals surface area contributed by atoms with Crippen LogP contribution in [0.1, 0.15) is 70.2 Å². The van der Waals surface area contributed by atoms with Crippen LogP contribution >= 0.6 is 0 Å². The predicted molar refractivity (Wildman–Crippen MR) is 92.1 cm³/mol. The maximum atomic E-state index is 12.4. The normalized spacial score (nSPS) is 12.3. The highest BCUT2D eigenvalue weighted by Crippen LogP contribution is 2.23. The minimum Gasteiger partial charge on any atom is -0.295 e. The van der Waals surface area contributed by atoms with Crippen molar-refractivity contribution < 1.29 is 9.59 Å². The van der Waals surface area contributed by atoms with Gasteiger partial charge in [-0.2, -0.15) is 0 Å². The van der Waals surface area contributed by atoms with E-state index in [4.69, 9.17) is 0 Å². The van der Waals surface area contributed by atoms with Crippen molar-refractivity contribution in [1.29, 1.82) is 0 Å². The van der Waals surface area contributed by atoms with Gasteiger partial charge in [-0.05, 0) is 36.3 Å². The first-order valence-electron chi connectivity index (χ1n) is 8.16. The van der Waals surface area contributed by atoms with Gasteiger partial charge >= 0.3 is 0 Å². The van der Waals surface area contributed by atoms with Crippen LogP contribution in [0.5, 0.6) is 0 Å². The summed E-state index contributed by atoms with van der Waals surface area (Å²) in [5.41, 5.74) is 1.45. The molecule has 120 valence electrons. The number of Topliss-reactive ketones (excluding diaryl/α,β-unsaturated/α-hetero) is 1. The highest BCUT2D eigenvalue weighted by Gasteiger charge is 2.16. The average Bonchev–Trinajstić information content (AvgIpc) is 2.49. The molecule has 22 heavy (non-hydrogen) atoms. The van der Waals surface area contributed by atoms with Crippen molar-refractivity contribution in [2.45, 2.75) is 59.8 Å². The summed E-state index contributed by atoms with van der Waals surface area (Å²) in [7, 11) is 0. The first-order valence-corrected chi connectivity index (χ1v) is 8.16. The third kappa shape index (κ3) is 6.84. The fourth-order valence-corrected chi connectivity index (χ4v) is 2.15. The molecule has 0 spiro atoms. The Morgan fingerprint density at radius 3 is 2.23 bits per heavy atom. The first-order chi connectivity index (χ1) is 10.3. The lowest BCUT2D eigenvalue weighted by Gasteiger charge is -2.17. The number of carbonyl (C=O) groups excluding carboxylic acids is 2. The summed E-state index contributed by atoms with van der Waals surface area (Å²) in [5, 5.41) is 0. The van der Waals surface area contributed by atoms with Gasteiger partial charge in [0.1, 0.15) is 0 Å². The largest absolute Gasteiger partial charge is 0.295 e. The van der Waals surface area contributed by atoms with Gasteiger partial charge in [0.2, 0.25) is 0 Å². The molecule has 0 bridgehead atoms. The van der Waals surface area contributed by atoms with Crippen molar-refractivity contribution in [3.8, 4) is 0 Å². The number of unbranched alkanes of at least 4 members (excludes halogenated alkanes) is 1. The van der Waals surface area contributed by atoms with E-state index in [0.29, 0.717) is 24.0 Å². The quantitative estimate of drug-likeness (QED) is 0.477. The third-order valence-electron chi connectivity index (χ3n) is 3.62. The van der Waals surface area contributed by atoms with Crippen LogP contribution < -0.4 is 0 Å². The Kier molecular flexibility index (Phi) is 7.23. The molecule has 0 atom stereocenters. The standard InChI is InChI=1S/C20H28O2/c1-5-6-10-17(18(21)13-14-20(2,3)4)15-19(22)16-11-8-7-9-12-16/h7-9,11-12,15H,5-6,10,13-14H2,1-4H3/b17-15+. The minimum absolute atomic E-state index is 0.0733. The second-order valence-corrected chi connectivity index (χ2v) is 6.99. The van der Waals surface area contributed by atoms with Gasteiger partial charge in [0.15, 0.2) is 11.6 Å². The summed E-state index contributed by atoms with van der Waals surface area (Å²) < 4.78 is 0. The zero-order chi connectivity index (χ0) is 16.6. The zero-order valence-corrected chi connectivity index (χ0v) is 14.3. The smallest absolute Gasteiger partial charge is 0.186 e. The van der Waals surface area contributed by atoms with Gasteiger partial charge in [-0.1, -0.05) is 64.4 Å². The Balaban J connectivity index is 2.84. The first kappa shape index (κ1) is 18.3. The highest BCUT2D eigenvalue weighted by atomic mass is 16.1. The maximum absolute atomic E-state index is 12.4. The summed E-state index contributed by atoms with van der Waals surface area (Å²) in [6, 6.07) is 9.14. The highest BCUT2D eigenvalue weighted by molar-refractivity contribution is 6.09. The summed E-state index contributed by atoms with van der Waals surface area (Å²) in [4.78, 5) is 24.7. The number of hydrogen-bond donors (Lipinski definition) is 0. The lowest BCUT2D eigenvalue weighted by molar-refractivity contribution is -0.116. The SMILES string of the molecule is CCCC/C(=C\C(=O)c1ccccc1)C(=O)CCC(C)(C)C. The molecule has 0 fully saturated rings. The van der Waals surface area contributed by atoms with E-state index >= 15 is 0 Å². The molecular weight excluding hydrogens is 272 g/mol. The van der Waals surface area contributed by atoms with Crippen LogP contribution in [0.25, 0.3) is 0 Å². The Bertz CT molecular complexity index is 518. The van der Waals surface area contributed by atoms with E-state index in [2.05, 4.69) is 27.7 Å². The van der Waals surface area contributed by atoms with Gasteiger partial charge in [0.25, 0.3) is 0 Å². The molecule has 1 rings (SSSR count). The molecule has 0 amide bonds. The number of rotatable bonds is 8. The van der Waals surface area contributed by atoms with Crippen molar-refractivity contribution in [3.63, 3.8) is 0 Å². The second kappa shape index (κ2) is 8.67. The number of benzene rings is 1. The van der Waals surface area contributed by atoms with Crippen molar-refractivity contribution >= 4 is 11.6 Å². The fraction of sp³-hybridized carbons (Fsp3) is 0.500. The van der Waals surface area contributed by atoms with Crippen LogP contribution in [-0.4, -0.2) is 11.6 Å². The average molecular weight is 300 g/mol. The molecule has 0 aromatic heterocycles. The maximum Gasteiger partial charge on any atom is 0.186 e. The van der Waals surface area contributed by atoms with E-state index in [9.17, 15) is 9.59 Å². The monoisotopic (exact) mass is 300 g/mol. The van der Waals surface area contributed by atoms with E-state index in [-0.39, 0.29) is 17.0 Å². The molecule has 0 saturated carbocycles. The molecule has 0 aliphatic carbocycles. The van der Waals surface area contributed by atoms with Crippen LogP contribution in [0.2, 0.25) is 0 Å². The van der Waals surface area contributed by atoms with Crippen LogP contribution in [0.3, 0.4) is 0 Å². The molecule has 0 saturated heterocycles. The number of hydrogen-bond acceptors (Lipinski definition) is 2. The van der Waals surface area contributed by atoms with E-state index in [1.165, 1.54) is 0 Å². The Morgan fingerprint density at radius 1 is 1.05 bits per heavy atom. The molecule has 2 heteroatoms. The summed E-state index contributed by atoms with van der Waals surface area (Å²) in [6.07, 6.45) is 5.56. The molecule has 1 aromatic rings. The van der Waals surface area contributed by atoms with E-state index in [0.717, 1.165) is 19.3 Å². The summed E-state index contributed by atoms with van der Waals surface area (Å²) >= 11 is 0. The van der Waals surface area contributed by atoms with Crippen LogP contribution in [0.4, 0.5) is 0 Å². The van der Waals surface area contributed by atoms with Gasteiger partial charge in [0, 0.05) is 12.0 Å². The zero-order valence-electron chi connectivity index (χ0n) is 14.3. The van der Waals surface area contributed by atoms with Gasteiger partial charge in [-0.3, -0.25) is 9.59 Å². The molecule has 1 aromatic carbocycles. The Hall–Kier alpha value is -1.70. The van der Waals surface area contributed by atoms with Crippen molar-refractivity contribution in [2.24, 2.45) is 5.41 Å². The molecular formula is C20H28O2. The third-order valence-corrected chi connectivity index (χ3v) is 3.62. The fourth-order valence-electron chi connectivity index (χ4n) is 2.15. The van der Waals surface area contributed by atoms with Crippen molar-refractivity contribution in [1.82, 2.24) is 0 Å². The van der Waals surface area contributed by atoms with Gasteiger partial charge < -0.3 is 0 Å². The van der Waals surface area contributed by atoms with Crippen LogP contribution in [0.15, 0.2) is 42.0 Å². The number of ketones is 2. The molecule has 0 heterocycles. The summed E-state index contributed by atoms with van der Waals surface area (Å²) in [6.45, 7) is 8.48. The second-order valence-electron chi connectivity index (χ2n) is 6.99. The van der Waals surface area contributed by atoms with Gasteiger partial charge in [-0.15, -0.1) is 0 Å². The lowest BCUT2D eigenvalue weighted by Crippen LogP contribution is -2.12. The van der Waals surface area contributed by atoms with E-state index in [1.807, 2.05) is 18.2 Å². The lowest BCUT2D eigenvalue weighted by atomic mass is 9.87. The Labute approximate surface area is 134 Å². The Morgan fingerprint density at radius 2 is 1.68 bits per heavy atom. The van der Waals surface area contributed by atoms with Crippen molar-refractivity contribution in [3.05, 3.63) is 47.5 Å². The predicted octanol–water partition coefficient (Wildman–Crippen LogP) is 5.38. The molecule has 0 radical (unpaired) electrons. The number of carbonyl (C=O) groups is 2. The minimum atomic E-state index is -0.0733. The molecule has 0 aliphatic rings. The van der Waals surface area contributed by atoms with Crippen LogP contribution in [-0.2, 0) is 4.79 Å². The molecule has 0 N–H and O–H groups in total. The summed E-state index contributed by atoms with van der Waals surface area (Å²) in [5.74, 6) is 0.0449. The molecule has 2 nitrogen and oxygen atoms in total.